The molecule has 3 rings (SSSR count). The Kier molecular flexibility index (Phi) is 5.88. The molecular weight excluding hydrogens is 395 g/mol. The lowest BCUT2D eigenvalue weighted by Gasteiger charge is -2.21. The number of pyridine rings is 1. The Morgan fingerprint density at radius 2 is 1.86 bits per heavy atom. The topological polar surface area (TPSA) is 54.8 Å². The second-order valence-corrected chi connectivity index (χ2v) is 6.78. The van der Waals surface area contributed by atoms with Crippen LogP contribution in [0.3, 0.4) is 0 Å². The van der Waals surface area contributed by atoms with Gasteiger partial charge in [0.1, 0.15) is 11.4 Å². The van der Waals surface area contributed by atoms with Crippen LogP contribution in [0.4, 0.5) is 18.9 Å². The van der Waals surface area contributed by atoms with E-state index in [0.29, 0.717) is 23.8 Å². The van der Waals surface area contributed by atoms with Crippen molar-refractivity contribution in [2.45, 2.75) is 25.9 Å². The van der Waals surface area contributed by atoms with Crippen molar-refractivity contribution in [3.8, 4) is 0 Å². The SMILES string of the molecule is C/C(=N\OC(=O)c1ccc(Cl)cc1)c1ncc(C(F)(F)F)cc1N1CCCC1. The maximum Gasteiger partial charge on any atom is 0.417 e. The Morgan fingerprint density at radius 3 is 2.46 bits per heavy atom. The van der Waals surface area contributed by atoms with E-state index < -0.39 is 17.7 Å². The van der Waals surface area contributed by atoms with E-state index in [9.17, 15) is 18.0 Å². The van der Waals surface area contributed by atoms with Crippen molar-refractivity contribution in [1.29, 1.82) is 0 Å². The van der Waals surface area contributed by atoms with E-state index >= 15 is 0 Å². The molecule has 5 nitrogen and oxygen atoms in total. The minimum atomic E-state index is -4.49. The van der Waals surface area contributed by atoms with Crippen molar-refractivity contribution in [2.75, 3.05) is 18.0 Å². The Balaban J connectivity index is 1.87. The monoisotopic (exact) mass is 411 g/mol. The summed E-state index contributed by atoms with van der Waals surface area (Å²) in [5, 5.41) is 4.25. The molecule has 0 bridgehead atoms. The number of oxime groups is 1. The summed E-state index contributed by atoms with van der Waals surface area (Å²) < 4.78 is 39.3. The minimum Gasteiger partial charge on any atom is -0.370 e. The van der Waals surface area contributed by atoms with Gasteiger partial charge in [0.2, 0.25) is 0 Å². The molecule has 0 atom stereocenters. The lowest BCUT2D eigenvalue weighted by molar-refractivity contribution is -0.137. The average Bonchev–Trinajstić information content (AvgIpc) is 3.20. The van der Waals surface area contributed by atoms with Crippen molar-refractivity contribution in [1.82, 2.24) is 4.98 Å². The van der Waals surface area contributed by atoms with Crippen LogP contribution in [-0.2, 0) is 11.0 Å². The first-order valence-corrected chi connectivity index (χ1v) is 8.97. The first-order valence-electron chi connectivity index (χ1n) is 8.60. The normalized spacial score (nSPS) is 15.0. The van der Waals surface area contributed by atoms with E-state index in [1.54, 1.807) is 0 Å². The van der Waals surface area contributed by atoms with Gasteiger partial charge in [-0.3, -0.25) is 4.98 Å². The predicted octanol–water partition coefficient (Wildman–Crippen LogP) is 4.94. The molecule has 2 heterocycles. The lowest BCUT2D eigenvalue weighted by atomic mass is 10.1. The summed E-state index contributed by atoms with van der Waals surface area (Å²) in [6.07, 6.45) is -1.96. The van der Waals surface area contributed by atoms with Crippen LogP contribution in [0.1, 0.15) is 41.4 Å². The summed E-state index contributed by atoms with van der Waals surface area (Å²) >= 11 is 5.78. The van der Waals surface area contributed by atoms with Gasteiger partial charge in [0.05, 0.1) is 16.8 Å². The molecule has 1 saturated heterocycles. The Hall–Kier alpha value is -2.61. The van der Waals surface area contributed by atoms with Gasteiger partial charge in [0, 0.05) is 24.3 Å². The molecule has 0 radical (unpaired) electrons. The molecule has 0 amide bonds. The van der Waals surface area contributed by atoms with Crippen LogP contribution in [0.25, 0.3) is 0 Å². The fourth-order valence-electron chi connectivity index (χ4n) is 2.88. The molecule has 1 aliphatic rings. The summed E-state index contributed by atoms with van der Waals surface area (Å²) in [6, 6.07) is 7.12. The molecule has 28 heavy (non-hydrogen) atoms. The third-order valence-corrected chi connectivity index (χ3v) is 4.58. The highest BCUT2D eigenvalue weighted by Gasteiger charge is 2.33. The second-order valence-electron chi connectivity index (χ2n) is 6.35. The van der Waals surface area contributed by atoms with Crippen LogP contribution in [0.2, 0.25) is 5.02 Å². The molecule has 0 unspecified atom stereocenters. The van der Waals surface area contributed by atoms with E-state index in [4.69, 9.17) is 16.4 Å². The number of nitrogens with zero attached hydrogens (tertiary/aromatic N) is 3. The van der Waals surface area contributed by atoms with Crippen molar-refractivity contribution in [3.05, 3.63) is 58.4 Å². The number of halogens is 4. The molecule has 0 spiro atoms. The molecule has 0 N–H and O–H groups in total. The van der Waals surface area contributed by atoms with Crippen LogP contribution < -0.4 is 4.90 Å². The summed E-state index contributed by atoms with van der Waals surface area (Å²) in [7, 11) is 0. The predicted molar refractivity (Wildman–Crippen MR) is 99.8 cm³/mol. The highest BCUT2D eigenvalue weighted by Crippen LogP contribution is 2.33. The van der Waals surface area contributed by atoms with Gasteiger partial charge in [-0.05, 0) is 50.1 Å². The first-order chi connectivity index (χ1) is 13.3. The number of carbonyl (C=O) groups is 1. The van der Waals surface area contributed by atoms with E-state index in [2.05, 4.69) is 10.1 Å². The van der Waals surface area contributed by atoms with Gasteiger partial charge in [-0.2, -0.15) is 13.2 Å². The third kappa shape index (κ3) is 4.62. The molecular formula is C19H17ClF3N3O2. The Bertz CT molecular complexity index is 892. The van der Waals surface area contributed by atoms with Gasteiger partial charge < -0.3 is 9.74 Å². The lowest BCUT2D eigenvalue weighted by Crippen LogP contribution is -2.22. The zero-order chi connectivity index (χ0) is 20.3. The first kappa shape index (κ1) is 20.1. The number of aromatic nitrogens is 1. The molecule has 1 aliphatic heterocycles. The summed E-state index contributed by atoms with van der Waals surface area (Å²) in [5.74, 6) is -0.703. The smallest absolute Gasteiger partial charge is 0.370 e. The molecule has 148 valence electrons. The van der Waals surface area contributed by atoms with Gasteiger partial charge >= 0.3 is 12.1 Å². The Labute approximate surface area is 164 Å². The summed E-state index contributed by atoms with van der Waals surface area (Å²) in [5.41, 5.74) is 0.207. The molecule has 1 aromatic carbocycles. The Morgan fingerprint density at radius 1 is 1.21 bits per heavy atom. The van der Waals surface area contributed by atoms with Crippen LogP contribution >= 0.6 is 11.6 Å². The zero-order valence-corrected chi connectivity index (χ0v) is 15.7. The number of anilines is 1. The standard InChI is InChI=1S/C19H17ClF3N3O2/c1-12(25-28-18(27)13-4-6-15(20)7-5-13)17-16(26-8-2-3-9-26)10-14(11-24-17)19(21,22)23/h4-7,10-11H,2-3,8-9H2,1H3/b25-12+. The van der Waals surface area contributed by atoms with E-state index in [-0.39, 0.29) is 17.0 Å². The van der Waals surface area contributed by atoms with Gasteiger partial charge in [-0.1, -0.05) is 16.8 Å². The number of benzene rings is 1. The van der Waals surface area contributed by atoms with Gasteiger partial charge in [-0.25, -0.2) is 4.79 Å². The summed E-state index contributed by atoms with van der Waals surface area (Å²) in [4.78, 5) is 22.8. The van der Waals surface area contributed by atoms with E-state index in [1.807, 2.05) is 4.90 Å². The van der Waals surface area contributed by atoms with Crippen molar-refractivity contribution >= 4 is 29.0 Å². The van der Waals surface area contributed by atoms with Crippen molar-refractivity contribution < 1.29 is 22.8 Å². The number of alkyl halides is 3. The van der Waals surface area contributed by atoms with E-state index in [1.165, 1.54) is 31.2 Å². The highest BCUT2D eigenvalue weighted by molar-refractivity contribution is 6.30. The third-order valence-electron chi connectivity index (χ3n) is 4.33. The summed E-state index contributed by atoms with van der Waals surface area (Å²) in [6.45, 7) is 2.80. The van der Waals surface area contributed by atoms with Crippen LogP contribution in [0, 0.1) is 0 Å². The molecule has 0 aliphatic carbocycles. The highest BCUT2D eigenvalue weighted by atomic mass is 35.5. The fraction of sp³-hybridized carbons (Fsp3) is 0.316. The number of hydrogen-bond donors (Lipinski definition) is 0. The van der Waals surface area contributed by atoms with Crippen LogP contribution in [0.15, 0.2) is 41.7 Å². The van der Waals surface area contributed by atoms with E-state index in [0.717, 1.165) is 25.1 Å². The number of carbonyl (C=O) groups excluding carboxylic acids is 1. The van der Waals surface area contributed by atoms with Crippen molar-refractivity contribution in [2.24, 2.45) is 5.16 Å². The second kappa shape index (κ2) is 8.18. The largest absolute Gasteiger partial charge is 0.417 e. The quantitative estimate of drug-likeness (QED) is 0.406. The molecule has 1 aromatic heterocycles. The van der Waals surface area contributed by atoms with Gasteiger partial charge in [0.25, 0.3) is 0 Å². The fourth-order valence-corrected chi connectivity index (χ4v) is 3.00. The molecule has 1 fully saturated rings. The molecule has 0 saturated carbocycles. The van der Waals surface area contributed by atoms with Crippen LogP contribution in [0.5, 0.6) is 0 Å². The van der Waals surface area contributed by atoms with Gasteiger partial charge in [-0.15, -0.1) is 0 Å². The zero-order valence-electron chi connectivity index (χ0n) is 15.0. The minimum absolute atomic E-state index is 0.206. The average molecular weight is 412 g/mol. The maximum atomic E-state index is 13.1. The van der Waals surface area contributed by atoms with Crippen LogP contribution in [-0.4, -0.2) is 29.8 Å². The number of rotatable bonds is 4. The molecule has 2 aromatic rings. The maximum absolute atomic E-state index is 13.1. The number of hydrogen-bond acceptors (Lipinski definition) is 5. The van der Waals surface area contributed by atoms with Gasteiger partial charge in [0.15, 0.2) is 0 Å². The molecule has 9 heteroatoms. The van der Waals surface area contributed by atoms with Crippen molar-refractivity contribution in [3.63, 3.8) is 0 Å².